The van der Waals surface area contributed by atoms with Crippen LogP contribution in [-0.2, 0) is 13.1 Å². The lowest BCUT2D eigenvalue weighted by Crippen LogP contribution is -2.33. The van der Waals surface area contributed by atoms with Gasteiger partial charge < -0.3 is 15.2 Å². The van der Waals surface area contributed by atoms with Crippen LogP contribution in [-0.4, -0.2) is 26.3 Å². The standard InChI is InChI=1S/C12H12ClN5S/c13-10-5-8(1-2-9(10)12(14)19)17-3-4-18-7-15-16-11(18)6-17/h1-2,5,7H,3-4,6H2,(H2,14,19). The van der Waals surface area contributed by atoms with E-state index in [4.69, 9.17) is 29.6 Å². The first kappa shape index (κ1) is 12.4. The molecule has 0 spiro atoms. The molecule has 2 N–H and O–H groups in total. The number of rotatable bonds is 2. The number of fused-ring (bicyclic) bond motifs is 1. The lowest BCUT2D eigenvalue weighted by molar-refractivity contribution is 0.560. The van der Waals surface area contributed by atoms with E-state index < -0.39 is 0 Å². The summed E-state index contributed by atoms with van der Waals surface area (Å²) in [6, 6.07) is 5.73. The third-order valence-corrected chi connectivity index (χ3v) is 3.75. The number of hydrogen-bond acceptors (Lipinski definition) is 4. The van der Waals surface area contributed by atoms with Crippen molar-refractivity contribution in [2.45, 2.75) is 13.1 Å². The van der Waals surface area contributed by atoms with Crippen LogP contribution in [0.1, 0.15) is 11.4 Å². The monoisotopic (exact) mass is 293 g/mol. The number of benzene rings is 1. The van der Waals surface area contributed by atoms with Gasteiger partial charge in [-0.1, -0.05) is 23.8 Å². The van der Waals surface area contributed by atoms with Gasteiger partial charge in [-0.15, -0.1) is 10.2 Å². The molecule has 0 saturated heterocycles. The van der Waals surface area contributed by atoms with Gasteiger partial charge in [-0.2, -0.15) is 0 Å². The van der Waals surface area contributed by atoms with Crippen molar-refractivity contribution in [3.05, 3.63) is 40.9 Å². The van der Waals surface area contributed by atoms with Crippen molar-refractivity contribution in [1.82, 2.24) is 14.8 Å². The average Bonchev–Trinajstić information content (AvgIpc) is 2.85. The predicted octanol–water partition coefficient (Wildman–Crippen LogP) is 1.59. The van der Waals surface area contributed by atoms with Crippen molar-refractivity contribution in [2.24, 2.45) is 5.73 Å². The predicted molar refractivity (Wildman–Crippen MR) is 78.4 cm³/mol. The largest absolute Gasteiger partial charge is 0.389 e. The Balaban J connectivity index is 1.88. The van der Waals surface area contributed by atoms with Crippen LogP contribution in [0.4, 0.5) is 5.69 Å². The second-order valence-corrected chi connectivity index (χ2v) is 5.24. The quantitative estimate of drug-likeness (QED) is 0.852. The minimum atomic E-state index is 0.315. The highest BCUT2D eigenvalue weighted by Gasteiger charge is 2.18. The minimum absolute atomic E-state index is 0.315. The van der Waals surface area contributed by atoms with Crippen LogP contribution >= 0.6 is 23.8 Å². The van der Waals surface area contributed by atoms with Crippen LogP contribution in [0.3, 0.4) is 0 Å². The zero-order chi connectivity index (χ0) is 13.4. The van der Waals surface area contributed by atoms with Gasteiger partial charge in [-0.25, -0.2) is 0 Å². The van der Waals surface area contributed by atoms with E-state index >= 15 is 0 Å². The fourth-order valence-corrected chi connectivity index (χ4v) is 2.70. The summed E-state index contributed by atoms with van der Waals surface area (Å²) in [7, 11) is 0. The van der Waals surface area contributed by atoms with Gasteiger partial charge in [0.25, 0.3) is 0 Å². The van der Waals surface area contributed by atoms with E-state index in [0.717, 1.165) is 31.1 Å². The van der Waals surface area contributed by atoms with Gasteiger partial charge in [0.2, 0.25) is 0 Å². The molecule has 2 aromatic rings. The summed E-state index contributed by atoms with van der Waals surface area (Å²) in [5.74, 6) is 0.959. The third kappa shape index (κ3) is 2.29. The lowest BCUT2D eigenvalue weighted by atomic mass is 10.2. The fraction of sp³-hybridized carbons (Fsp3) is 0.250. The molecule has 3 rings (SSSR count). The SMILES string of the molecule is NC(=S)c1ccc(N2CCn3cnnc3C2)cc1Cl. The number of hydrogen-bond donors (Lipinski definition) is 1. The molecule has 0 unspecified atom stereocenters. The van der Waals surface area contributed by atoms with E-state index in [1.165, 1.54) is 0 Å². The van der Waals surface area contributed by atoms with E-state index in [0.29, 0.717) is 15.6 Å². The van der Waals surface area contributed by atoms with Gasteiger partial charge in [0, 0.05) is 24.3 Å². The maximum absolute atomic E-state index is 6.20. The fourth-order valence-electron chi connectivity index (χ4n) is 2.19. The summed E-state index contributed by atoms with van der Waals surface area (Å²) >= 11 is 11.1. The lowest BCUT2D eigenvalue weighted by Gasteiger charge is -2.29. The number of nitrogens with zero attached hydrogens (tertiary/aromatic N) is 4. The Hall–Kier alpha value is -1.66. The molecular formula is C12H12ClN5S. The number of nitrogens with two attached hydrogens (primary N) is 1. The topological polar surface area (TPSA) is 60.0 Å². The van der Waals surface area contributed by atoms with Crippen LogP contribution in [0, 0.1) is 0 Å². The summed E-state index contributed by atoms with van der Waals surface area (Å²) in [6.45, 7) is 2.49. The first-order chi connectivity index (χ1) is 9.15. The van der Waals surface area contributed by atoms with Crippen molar-refractivity contribution in [1.29, 1.82) is 0 Å². The molecule has 1 aromatic carbocycles. The third-order valence-electron chi connectivity index (χ3n) is 3.22. The summed E-state index contributed by atoms with van der Waals surface area (Å²) in [5.41, 5.74) is 7.35. The first-order valence-corrected chi connectivity index (χ1v) is 6.65. The normalized spacial score (nSPS) is 14.3. The summed E-state index contributed by atoms with van der Waals surface area (Å²) in [5, 5.41) is 8.59. The van der Waals surface area contributed by atoms with Gasteiger partial charge in [0.05, 0.1) is 11.6 Å². The van der Waals surface area contributed by atoms with Crippen molar-refractivity contribution in [3.8, 4) is 0 Å². The Bertz CT molecular complexity index is 639. The van der Waals surface area contributed by atoms with E-state index in [9.17, 15) is 0 Å². The van der Waals surface area contributed by atoms with Crippen LogP contribution in [0.15, 0.2) is 24.5 Å². The van der Waals surface area contributed by atoms with Crippen LogP contribution < -0.4 is 10.6 Å². The Morgan fingerprint density at radius 2 is 2.21 bits per heavy atom. The molecule has 0 radical (unpaired) electrons. The smallest absolute Gasteiger partial charge is 0.152 e. The van der Waals surface area contributed by atoms with E-state index in [1.807, 2.05) is 18.2 Å². The molecular weight excluding hydrogens is 282 g/mol. The highest BCUT2D eigenvalue weighted by molar-refractivity contribution is 7.80. The number of thiocarbonyl (C=S) groups is 1. The average molecular weight is 294 g/mol. The molecule has 5 nitrogen and oxygen atoms in total. The highest BCUT2D eigenvalue weighted by Crippen LogP contribution is 2.26. The Kier molecular flexibility index (Phi) is 3.12. The summed E-state index contributed by atoms with van der Waals surface area (Å²) in [6.07, 6.45) is 1.76. The molecule has 19 heavy (non-hydrogen) atoms. The van der Waals surface area contributed by atoms with Gasteiger partial charge >= 0.3 is 0 Å². The van der Waals surface area contributed by atoms with Crippen LogP contribution in [0.5, 0.6) is 0 Å². The van der Waals surface area contributed by atoms with Gasteiger partial charge in [0.15, 0.2) is 5.82 Å². The molecule has 0 fully saturated rings. The van der Waals surface area contributed by atoms with E-state index in [1.54, 1.807) is 6.33 Å². The Morgan fingerprint density at radius 3 is 2.95 bits per heavy atom. The summed E-state index contributed by atoms with van der Waals surface area (Å²) < 4.78 is 2.06. The molecule has 7 heteroatoms. The molecule has 1 aromatic heterocycles. The van der Waals surface area contributed by atoms with Crippen molar-refractivity contribution in [2.75, 3.05) is 11.4 Å². The zero-order valence-corrected chi connectivity index (χ0v) is 11.7. The molecule has 0 amide bonds. The molecule has 1 aliphatic heterocycles. The van der Waals surface area contributed by atoms with Gasteiger partial charge in [-0.3, -0.25) is 0 Å². The first-order valence-electron chi connectivity index (χ1n) is 5.86. The van der Waals surface area contributed by atoms with Gasteiger partial charge in [0.1, 0.15) is 11.3 Å². The Labute approximate surface area is 121 Å². The maximum Gasteiger partial charge on any atom is 0.152 e. The molecule has 1 aliphatic rings. The van der Waals surface area contributed by atoms with Crippen molar-refractivity contribution in [3.63, 3.8) is 0 Å². The highest BCUT2D eigenvalue weighted by atomic mass is 35.5. The van der Waals surface area contributed by atoms with Crippen LogP contribution in [0.25, 0.3) is 0 Å². The molecule has 0 saturated carbocycles. The summed E-state index contributed by atoms with van der Waals surface area (Å²) in [4.78, 5) is 2.52. The molecule has 0 atom stereocenters. The molecule has 0 bridgehead atoms. The molecule has 98 valence electrons. The maximum atomic E-state index is 6.20. The van der Waals surface area contributed by atoms with Crippen molar-refractivity contribution >= 4 is 34.5 Å². The number of anilines is 1. The van der Waals surface area contributed by atoms with Gasteiger partial charge in [-0.05, 0) is 18.2 Å². The van der Waals surface area contributed by atoms with E-state index in [-0.39, 0.29) is 0 Å². The molecule has 0 aliphatic carbocycles. The molecule has 2 heterocycles. The second kappa shape index (κ2) is 4.79. The number of halogens is 1. The number of aromatic nitrogens is 3. The second-order valence-electron chi connectivity index (χ2n) is 4.39. The van der Waals surface area contributed by atoms with E-state index in [2.05, 4.69) is 19.7 Å². The Morgan fingerprint density at radius 1 is 1.37 bits per heavy atom. The van der Waals surface area contributed by atoms with Crippen molar-refractivity contribution < 1.29 is 0 Å². The zero-order valence-electron chi connectivity index (χ0n) is 10.1. The minimum Gasteiger partial charge on any atom is -0.389 e. The van der Waals surface area contributed by atoms with Crippen LogP contribution in [0.2, 0.25) is 5.02 Å².